The number of para-hydroxylation sites is 1. The molecule has 7 nitrogen and oxygen atoms in total. The number of rotatable bonds is 8. The maximum atomic E-state index is 12.1. The van der Waals surface area contributed by atoms with Crippen LogP contribution in [0.2, 0.25) is 0 Å². The van der Waals surface area contributed by atoms with Crippen LogP contribution in [0, 0.1) is 5.92 Å². The summed E-state index contributed by atoms with van der Waals surface area (Å²) in [5, 5.41) is 5.75. The number of thiocarbonyl (C=S) groups is 1. The van der Waals surface area contributed by atoms with Gasteiger partial charge < -0.3 is 21.2 Å². The Morgan fingerprint density at radius 1 is 1.07 bits per heavy atom. The van der Waals surface area contributed by atoms with Crippen molar-refractivity contribution in [3.05, 3.63) is 60.2 Å². The lowest BCUT2D eigenvalue weighted by atomic mass is 10.1. The van der Waals surface area contributed by atoms with Crippen LogP contribution in [0.3, 0.4) is 0 Å². The second kappa shape index (κ2) is 11.3. The third-order valence-corrected chi connectivity index (χ3v) is 4.57. The molecule has 2 aromatic carbocycles. The van der Waals surface area contributed by atoms with Gasteiger partial charge in [0.15, 0.2) is 5.11 Å². The van der Waals surface area contributed by atoms with E-state index in [1.54, 1.807) is 0 Å². The Morgan fingerprint density at radius 2 is 1.75 bits per heavy atom. The minimum atomic E-state index is -0.615. The number of carbonyl (C=O) groups is 2. The van der Waals surface area contributed by atoms with Gasteiger partial charge in [0.2, 0.25) is 5.91 Å². The van der Waals surface area contributed by atoms with Crippen LogP contribution in [-0.2, 0) is 16.1 Å². The van der Waals surface area contributed by atoms with Crippen LogP contribution in [0.1, 0.15) is 12.0 Å². The molecule has 0 spiro atoms. The molecule has 0 aliphatic rings. The van der Waals surface area contributed by atoms with Crippen molar-refractivity contribution in [2.45, 2.75) is 18.3 Å². The Balaban J connectivity index is 1.77. The van der Waals surface area contributed by atoms with Gasteiger partial charge in [-0.3, -0.25) is 15.6 Å². The van der Waals surface area contributed by atoms with Crippen molar-refractivity contribution in [1.82, 2.24) is 10.9 Å². The first kappa shape index (κ1) is 21.7. The minimum absolute atomic E-state index is 0.0433. The van der Waals surface area contributed by atoms with E-state index < -0.39 is 11.3 Å². The van der Waals surface area contributed by atoms with E-state index >= 15 is 0 Å². The van der Waals surface area contributed by atoms with Gasteiger partial charge >= 0.3 is 0 Å². The second-order valence-corrected chi connectivity index (χ2v) is 6.95. The number of thiol groups is 1. The van der Waals surface area contributed by atoms with E-state index in [4.69, 9.17) is 18.0 Å². The first-order valence-corrected chi connectivity index (χ1v) is 9.54. The van der Waals surface area contributed by atoms with E-state index in [0.29, 0.717) is 12.8 Å². The SMILES string of the molecule is NCc1ccc(NC(=S)NNC(=O)CC(C=O)C(S)Nc2ccccc2)cc1. The van der Waals surface area contributed by atoms with Crippen LogP contribution in [0.5, 0.6) is 0 Å². The molecule has 0 bridgehead atoms. The quantitative estimate of drug-likeness (QED) is 0.128. The highest BCUT2D eigenvalue weighted by Gasteiger charge is 2.21. The lowest BCUT2D eigenvalue weighted by molar-refractivity contribution is -0.124. The van der Waals surface area contributed by atoms with Crippen LogP contribution in [0.4, 0.5) is 11.4 Å². The lowest BCUT2D eigenvalue weighted by Gasteiger charge is -2.20. The van der Waals surface area contributed by atoms with Crippen LogP contribution >= 0.6 is 24.8 Å². The summed E-state index contributed by atoms with van der Waals surface area (Å²) in [6, 6.07) is 16.8. The van der Waals surface area contributed by atoms with Gasteiger partial charge in [-0.05, 0) is 42.0 Å². The Kier molecular flexibility index (Phi) is 8.73. The van der Waals surface area contributed by atoms with Crippen LogP contribution in [0.25, 0.3) is 0 Å². The Hall–Kier alpha value is -2.62. The van der Waals surface area contributed by atoms with Gasteiger partial charge in [-0.25, -0.2) is 0 Å². The summed E-state index contributed by atoms with van der Waals surface area (Å²) >= 11 is 9.53. The lowest BCUT2D eigenvalue weighted by Crippen LogP contribution is -2.45. The molecule has 0 aliphatic carbocycles. The molecule has 2 aromatic rings. The van der Waals surface area contributed by atoms with Gasteiger partial charge in [0.05, 0.1) is 11.3 Å². The van der Waals surface area contributed by atoms with Gasteiger partial charge in [0, 0.05) is 24.3 Å². The highest BCUT2D eigenvalue weighted by molar-refractivity contribution is 7.81. The number of hydrazine groups is 1. The van der Waals surface area contributed by atoms with Gasteiger partial charge in [-0.2, -0.15) is 12.6 Å². The molecule has 2 rings (SSSR count). The number of hydrogen-bond donors (Lipinski definition) is 6. The number of anilines is 2. The summed E-state index contributed by atoms with van der Waals surface area (Å²) in [5.41, 5.74) is 13.2. The van der Waals surface area contributed by atoms with Crippen LogP contribution in [0.15, 0.2) is 54.6 Å². The zero-order chi connectivity index (χ0) is 20.4. The zero-order valence-corrected chi connectivity index (χ0v) is 16.8. The molecular weight excluding hydrogens is 394 g/mol. The predicted molar refractivity (Wildman–Crippen MR) is 119 cm³/mol. The van der Waals surface area contributed by atoms with Crippen LogP contribution in [-0.4, -0.2) is 22.7 Å². The number of carbonyl (C=O) groups excluding carboxylic acids is 2. The number of hydrogen-bond acceptors (Lipinski definition) is 6. The molecule has 0 aromatic heterocycles. The summed E-state index contributed by atoms with van der Waals surface area (Å²) in [6.07, 6.45) is 0.668. The van der Waals surface area contributed by atoms with E-state index in [-0.39, 0.29) is 17.4 Å². The summed E-state index contributed by atoms with van der Waals surface area (Å²) in [7, 11) is 0. The van der Waals surface area contributed by atoms with Gasteiger partial charge in [0.1, 0.15) is 6.29 Å². The smallest absolute Gasteiger partial charge is 0.239 e. The van der Waals surface area contributed by atoms with E-state index in [2.05, 4.69) is 34.1 Å². The average molecular weight is 418 g/mol. The molecule has 1 amide bonds. The summed E-state index contributed by atoms with van der Waals surface area (Å²) in [4.78, 5) is 23.5. The monoisotopic (exact) mass is 417 g/mol. The van der Waals surface area contributed by atoms with Crippen molar-refractivity contribution in [3.8, 4) is 0 Å². The van der Waals surface area contributed by atoms with Gasteiger partial charge in [-0.1, -0.05) is 30.3 Å². The Bertz CT molecular complexity index is 787. The molecule has 2 atom stereocenters. The van der Waals surface area contributed by atoms with Crippen molar-refractivity contribution < 1.29 is 9.59 Å². The van der Waals surface area contributed by atoms with Crippen molar-refractivity contribution in [3.63, 3.8) is 0 Å². The fourth-order valence-corrected chi connectivity index (χ4v) is 2.82. The third kappa shape index (κ3) is 7.18. The van der Waals surface area contributed by atoms with Gasteiger partial charge in [0.25, 0.3) is 0 Å². The van der Waals surface area contributed by atoms with Crippen molar-refractivity contribution in [2.75, 3.05) is 10.6 Å². The van der Waals surface area contributed by atoms with E-state index in [9.17, 15) is 9.59 Å². The third-order valence-electron chi connectivity index (χ3n) is 3.85. The predicted octanol–water partition coefficient (Wildman–Crippen LogP) is 2.04. The first-order valence-electron chi connectivity index (χ1n) is 8.61. The molecule has 6 N–H and O–H groups in total. The highest BCUT2D eigenvalue weighted by atomic mass is 32.1. The van der Waals surface area contributed by atoms with Crippen molar-refractivity contribution in [1.29, 1.82) is 0 Å². The number of benzene rings is 2. The molecule has 0 saturated heterocycles. The fraction of sp³-hybridized carbons (Fsp3) is 0.211. The molecule has 2 unspecified atom stereocenters. The maximum absolute atomic E-state index is 12.1. The topological polar surface area (TPSA) is 108 Å². The Labute approximate surface area is 174 Å². The van der Waals surface area contributed by atoms with E-state index in [1.165, 1.54) is 0 Å². The molecule has 148 valence electrons. The molecule has 0 radical (unpaired) electrons. The largest absolute Gasteiger partial charge is 0.373 e. The van der Waals surface area contributed by atoms with Crippen molar-refractivity contribution >= 4 is 53.5 Å². The Morgan fingerprint density at radius 3 is 2.36 bits per heavy atom. The number of amides is 1. The molecule has 0 saturated carbocycles. The molecule has 28 heavy (non-hydrogen) atoms. The van der Waals surface area contributed by atoms with Crippen LogP contribution < -0.4 is 27.2 Å². The standard InChI is InChI=1S/C19H23N5O2S2/c20-11-13-6-8-16(9-7-13)22-19(28)24-23-17(26)10-14(12-25)18(27)21-15-4-2-1-3-5-15/h1-9,12,14,18,21,27H,10-11,20H2,(H,23,26)(H2,22,24,28). The maximum Gasteiger partial charge on any atom is 0.239 e. The minimum Gasteiger partial charge on any atom is -0.373 e. The molecule has 0 heterocycles. The molecule has 0 aliphatic heterocycles. The number of nitrogens with two attached hydrogens (primary N) is 1. The molecule has 9 heteroatoms. The zero-order valence-electron chi connectivity index (χ0n) is 15.1. The number of aldehydes is 1. The average Bonchev–Trinajstić information content (AvgIpc) is 2.71. The first-order chi connectivity index (χ1) is 13.5. The normalized spacial score (nSPS) is 12.4. The summed E-state index contributed by atoms with van der Waals surface area (Å²) in [6.45, 7) is 0.461. The van der Waals surface area contributed by atoms with Gasteiger partial charge in [-0.15, -0.1) is 0 Å². The van der Waals surface area contributed by atoms with Crippen molar-refractivity contribution in [2.24, 2.45) is 11.7 Å². The summed E-state index contributed by atoms with van der Waals surface area (Å²) in [5.74, 6) is -0.996. The number of nitrogens with one attached hydrogen (secondary N) is 4. The van der Waals surface area contributed by atoms with E-state index in [1.807, 2.05) is 54.6 Å². The highest BCUT2D eigenvalue weighted by Crippen LogP contribution is 2.16. The fourth-order valence-electron chi connectivity index (χ4n) is 2.32. The molecule has 0 fully saturated rings. The summed E-state index contributed by atoms with van der Waals surface area (Å²) < 4.78 is 0. The molecular formula is C19H23N5O2S2. The second-order valence-electron chi connectivity index (χ2n) is 5.99. The van der Waals surface area contributed by atoms with E-state index in [0.717, 1.165) is 16.9 Å².